The van der Waals surface area contributed by atoms with Gasteiger partial charge in [-0.3, -0.25) is 0 Å². The second-order valence-corrected chi connectivity index (χ2v) is 5.17. The van der Waals surface area contributed by atoms with E-state index >= 15 is 0 Å². The summed E-state index contributed by atoms with van der Waals surface area (Å²) in [5, 5.41) is 12.5. The Morgan fingerprint density at radius 2 is 2.00 bits per heavy atom. The van der Waals surface area contributed by atoms with Gasteiger partial charge in [-0.05, 0) is 17.7 Å². The molecule has 0 N–H and O–H groups in total. The van der Waals surface area contributed by atoms with Crippen molar-refractivity contribution in [1.82, 2.24) is 39.3 Å². The average molecular weight is 306 g/mol. The van der Waals surface area contributed by atoms with Gasteiger partial charge in [0, 0.05) is 19.4 Å². The van der Waals surface area contributed by atoms with Crippen LogP contribution in [0.3, 0.4) is 0 Å². The summed E-state index contributed by atoms with van der Waals surface area (Å²) in [4.78, 5) is 8.22. The summed E-state index contributed by atoms with van der Waals surface area (Å²) in [5.41, 5.74) is 2.86. The van der Waals surface area contributed by atoms with E-state index in [1.807, 2.05) is 48.3 Å². The van der Waals surface area contributed by atoms with Crippen molar-refractivity contribution in [2.75, 3.05) is 0 Å². The molecule has 8 heteroatoms. The second-order valence-electron chi connectivity index (χ2n) is 5.17. The minimum Gasteiger partial charge on any atom is -0.333 e. The molecule has 0 bridgehead atoms. The number of imidazole rings is 1. The van der Waals surface area contributed by atoms with Crippen molar-refractivity contribution in [2.45, 2.75) is 6.54 Å². The first kappa shape index (κ1) is 13.4. The van der Waals surface area contributed by atoms with E-state index in [9.17, 15) is 0 Å². The van der Waals surface area contributed by atoms with Gasteiger partial charge in [0.15, 0.2) is 5.82 Å². The van der Waals surface area contributed by atoms with E-state index in [1.165, 1.54) is 6.33 Å². The molecular formula is C15H14N8. The maximum absolute atomic E-state index is 4.28. The summed E-state index contributed by atoms with van der Waals surface area (Å²) in [5.74, 6) is 0.804. The predicted octanol–water partition coefficient (Wildman–Crippen LogP) is 1.31. The summed E-state index contributed by atoms with van der Waals surface area (Å²) in [6.07, 6.45) is 8.72. The molecule has 0 aliphatic rings. The van der Waals surface area contributed by atoms with Gasteiger partial charge in [0.05, 0.1) is 18.4 Å². The van der Waals surface area contributed by atoms with Crippen molar-refractivity contribution >= 4 is 0 Å². The van der Waals surface area contributed by atoms with Gasteiger partial charge in [-0.2, -0.15) is 5.10 Å². The Bertz CT molecular complexity index is 901. The molecule has 3 heterocycles. The highest BCUT2D eigenvalue weighted by molar-refractivity contribution is 5.47. The maximum atomic E-state index is 4.28. The SMILES string of the molecule is Cn1ccnc1-c1cn(Cc2ccc(-n3cncn3)cc2)nn1. The van der Waals surface area contributed by atoms with Crippen LogP contribution in [0.1, 0.15) is 5.56 Å². The predicted molar refractivity (Wildman–Crippen MR) is 82.7 cm³/mol. The lowest BCUT2D eigenvalue weighted by Gasteiger charge is -2.03. The number of aromatic nitrogens is 8. The highest BCUT2D eigenvalue weighted by atomic mass is 15.4. The van der Waals surface area contributed by atoms with E-state index in [0.29, 0.717) is 6.54 Å². The number of benzene rings is 1. The quantitative estimate of drug-likeness (QED) is 0.568. The topological polar surface area (TPSA) is 79.2 Å². The normalized spacial score (nSPS) is 11.0. The van der Waals surface area contributed by atoms with Crippen LogP contribution in [0.25, 0.3) is 17.2 Å². The van der Waals surface area contributed by atoms with Gasteiger partial charge < -0.3 is 4.57 Å². The fourth-order valence-electron chi connectivity index (χ4n) is 2.37. The molecule has 4 rings (SSSR count). The van der Waals surface area contributed by atoms with Crippen LogP contribution >= 0.6 is 0 Å². The summed E-state index contributed by atoms with van der Waals surface area (Å²) < 4.78 is 5.44. The fraction of sp³-hybridized carbons (Fsp3) is 0.133. The van der Waals surface area contributed by atoms with E-state index in [0.717, 1.165) is 22.8 Å². The van der Waals surface area contributed by atoms with Crippen molar-refractivity contribution < 1.29 is 0 Å². The van der Waals surface area contributed by atoms with Crippen LogP contribution in [-0.4, -0.2) is 39.3 Å². The third-order valence-corrected chi connectivity index (χ3v) is 3.55. The Morgan fingerprint density at radius 3 is 2.70 bits per heavy atom. The third kappa shape index (κ3) is 2.61. The number of rotatable bonds is 4. The Morgan fingerprint density at radius 1 is 1.13 bits per heavy atom. The number of nitrogens with zero attached hydrogens (tertiary/aromatic N) is 8. The van der Waals surface area contributed by atoms with Gasteiger partial charge in [0.25, 0.3) is 0 Å². The molecule has 0 radical (unpaired) electrons. The molecule has 0 saturated carbocycles. The molecule has 8 nitrogen and oxygen atoms in total. The van der Waals surface area contributed by atoms with Gasteiger partial charge in [0.1, 0.15) is 18.3 Å². The molecule has 1 aromatic carbocycles. The lowest BCUT2D eigenvalue weighted by molar-refractivity contribution is 0.649. The molecule has 0 aliphatic heterocycles. The van der Waals surface area contributed by atoms with Crippen molar-refractivity contribution in [3.05, 3.63) is 61.1 Å². The molecule has 0 aliphatic carbocycles. The zero-order chi connectivity index (χ0) is 15.6. The van der Waals surface area contributed by atoms with Crippen LogP contribution in [0.5, 0.6) is 0 Å². The lowest BCUT2D eigenvalue weighted by atomic mass is 10.2. The van der Waals surface area contributed by atoms with E-state index in [2.05, 4.69) is 25.4 Å². The minimum atomic E-state index is 0.648. The van der Waals surface area contributed by atoms with E-state index < -0.39 is 0 Å². The van der Waals surface area contributed by atoms with E-state index in [-0.39, 0.29) is 0 Å². The van der Waals surface area contributed by atoms with Crippen LogP contribution in [0.2, 0.25) is 0 Å². The lowest BCUT2D eigenvalue weighted by Crippen LogP contribution is -2.01. The Labute approximate surface area is 132 Å². The number of aryl methyl sites for hydroxylation is 1. The summed E-state index contributed by atoms with van der Waals surface area (Å²) >= 11 is 0. The third-order valence-electron chi connectivity index (χ3n) is 3.55. The van der Waals surface area contributed by atoms with Crippen LogP contribution in [0.15, 0.2) is 55.5 Å². The summed E-state index contributed by atoms with van der Waals surface area (Å²) in [6, 6.07) is 8.08. The molecule has 0 spiro atoms. The van der Waals surface area contributed by atoms with Crippen molar-refractivity contribution in [3.63, 3.8) is 0 Å². The highest BCUT2D eigenvalue weighted by Crippen LogP contribution is 2.14. The van der Waals surface area contributed by atoms with Gasteiger partial charge in [-0.25, -0.2) is 19.3 Å². The zero-order valence-corrected chi connectivity index (χ0v) is 12.5. The minimum absolute atomic E-state index is 0.648. The van der Waals surface area contributed by atoms with Crippen LogP contribution in [0, 0.1) is 0 Å². The average Bonchev–Trinajstić information content (AvgIpc) is 3.29. The molecule has 114 valence electrons. The Hall–Kier alpha value is -3.29. The Kier molecular flexibility index (Phi) is 3.19. The van der Waals surface area contributed by atoms with E-state index in [1.54, 1.807) is 21.9 Å². The van der Waals surface area contributed by atoms with Crippen molar-refractivity contribution in [1.29, 1.82) is 0 Å². The van der Waals surface area contributed by atoms with Crippen molar-refractivity contribution in [2.24, 2.45) is 7.05 Å². The first-order chi connectivity index (χ1) is 11.3. The van der Waals surface area contributed by atoms with Crippen LogP contribution < -0.4 is 0 Å². The molecular weight excluding hydrogens is 292 g/mol. The van der Waals surface area contributed by atoms with E-state index in [4.69, 9.17) is 0 Å². The first-order valence-electron chi connectivity index (χ1n) is 7.11. The molecule has 0 amide bonds. The largest absolute Gasteiger partial charge is 0.333 e. The number of hydrogen-bond donors (Lipinski definition) is 0. The number of hydrogen-bond acceptors (Lipinski definition) is 5. The monoisotopic (exact) mass is 306 g/mol. The first-order valence-corrected chi connectivity index (χ1v) is 7.11. The van der Waals surface area contributed by atoms with Crippen molar-refractivity contribution in [3.8, 4) is 17.2 Å². The molecule has 0 saturated heterocycles. The Balaban J connectivity index is 1.52. The fourth-order valence-corrected chi connectivity index (χ4v) is 2.37. The second kappa shape index (κ2) is 5.48. The molecule has 0 fully saturated rings. The van der Waals surface area contributed by atoms with Crippen LogP contribution in [-0.2, 0) is 13.6 Å². The molecule has 3 aromatic heterocycles. The van der Waals surface area contributed by atoms with Gasteiger partial charge in [0.2, 0.25) is 0 Å². The molecule has 0 unspecified atom stereocenters. The molecule has 4 aromatic rings. The highest BCUT2D eigenvalue weighted by Gasteiger charge is 2.08. The smallest absolute Gasteiger partial charge is 0.161 e. The molecule has 23 heavy (non-hydrogen) atoms. The standard InChI is InChI=1S/C15H14N8/c1-21-7-6-17-15(21)14-9-22(20-19-14)8-12-2-4-13(5-3-12)23-11-16-10-18-23/h2-7,9-11H,8H2,1H3. The van der Waals surface area contributed by atoms with Gasteiger partial charge in [-0.1, -0.05) is 17.3 Å². The maximum Gasteiger partial charge on any atom is 0.161 e. The van der Waals surface area contributed by atoms with Gasteiger partial charge in [-0.15, -0.1) is 5.10 Å². The van der Waals surface area contributed by atoms with Crippen LogP contribution in [0.4, 0.5) is 0 Å². The summed E-state index contributed by atoms with van der Waals surface area (Å²) in [6.45, 7) is 0.648. The molecule has 0 atom stereocenters. The van der Waals surface area contributed by atoms with Gasteiger partial charge >= 0.3 is 0 Å². The zero-order valence-electron chi connectivity index (χ0n) is 12.5. The summed E-state index contributed by atoms with van der Waals surface area (Å²) in [7, 11) is 1.93.